The average Bonchev–Trinajstić information content (AvgIpc) is 3.07. The van der Waals surface area contributed by atoms with Crippen LogP contribution in [0.2, 0.25) is 0 Å². The predicted octanol–water partition coefficient (Wildman–Crippen LogP) is 1.37. The number of nitrogens with one attached hydrogen (secondary N) is 2. The summed E-state index contributed by atoms with van der Waals surface area (Å²) in [4.78, 5) is 8.47. The van der Waals surface area contributed by atoms with E-state index >= 15 is 0 Å². The first-order valence-electron chi connectivity index (χ1n) is 6.06. The predicted molar refractivity (Wildman–Crippen MR) is 66.9 cm³/mol. The van der Waals surface area contributed by atoms with E-state index in [1.54, 1.807) is 7.05 Å². The number of aryl methyl sites for hydroxylation is 2. The Labute approximate surface area is 102 Å². The summed E-state index contributed by atoms with van der Waals surface area (Å²) in [5.41, 5.74) is 0.947. The van der Waals surface area contributed by atoms with E-state index in [4.69, 9.17) is 4.42 Å². The molecule has 1 aromatic heterocycles. The van der Waals surface area contributed by atoms with Crippen LogP contribution in [-0.2, 0) is 6.54 Å². The Morgan fingerprint density at radius 3 is 2.71 bits per heavy atom. The standard InChI is InChI=1S/C12H20N4O/c1-8-9(2)17-11(16-8)7-15-12(13-3)14-6-10-4-5-10/h10H,4-7H2,1-3H3,(H2,13,14,15). The van der Waals surface area contributed by atoms with Gasteiger partial charge in [-0.25, -0.2) is 4.98 Å². The van der Waals surface area contributed by atoms with Gasteiger partial charge in [0.05, 0.1) is 12.2 Å². The van der Waals surface area contributed by atoms with Gasteiger partial charge in [-0.1, -0.05) is 0 Å². The van der Waals surface area contributed by atoms with E-state index in [9.17, 15) is 0 Å². The van der Waals surface area contributed by atoms with E-state index in [1.807, 2.05) is 13.8 Å². The van der Waals surface area contributed by atoms with E-state index in [1.165, 1.54) is 12.8 Å². The molecule has 2 N–H and O–H groups in total. The minimum Gasteiger partial charge on any atom is -0.444 e. The molecule has 0 spiro atoms. The summed E-state index contributed by atoms with van der Waals surface area (Å²) >= 11 is 0. The van der Waals surface area contributed by atoms with Gasteiger partial charge in [0.15, 0.2) is 5.96 Å². The zero-order valence-corrected chi connectivity index (χ0v) is 10.7. The van der Waals surface area contributed by atoms with Crippen molar-refractivity contribution < 1.29 is 4.42 Å². The molecule has 0 aromatic carbocycles. The molecule has 0 aliphatic heterocycles. The number of oxazole rings is 1. The van der Waals surface area contributed by atoms with Crippen molar-refractivity contribution in [2.24, 2.45) is 10.9 Å². The van der Waals surface area contributed by atoms with Gasteiger partial charge in [0.25, 0.3) is 0 Å². The molecular formula is C12H20N4O. The van der Waals surface area contributed by atoms with E-state index in [0.29, 0.717) is 12.4 Å². The molecule has 17 heavy (non-hydrogen) atoms. The van der Waals surface area contributed by atoms with Crippen LogP contribution in [0.15, 0.2) is 9.41 Å². The van der Waals surface area contributed by atoms with Crippen molar-refractivity contribution in [1.29, 1.82) is 0 Å². The van der Waals surface area contributed by atoms with Crippen molar-refractivity contribution >= 4 is 5.96 Å². The first kappa shape index (κ1) is 12.0. The highest BCUT2D eigenvalue weighted by Gasteiger charge is 2.21. The van der Waals surface area contributed by atoms with E-state index in [0.717, 1.165) is 29.9 Å². The first-order chi connectivity index (χ1) is 8.19. The SMILES string of the molecule is CN=C(NCc1nc(C)c(C)o1)NCC1CC1. The molecule has 2 rings (SSSR count). The highest BCUT2D eigenvalue weighted by molar-refractivity contribution is 5.79. The van der Waals surface area contributed by atoms with Crippen LogP contribution in [0.3, 0.4) is 0 Å². The molecule has 1 aromatic rings. The lowest BCUT2D eigenvalue weighted by Gasteiger charge is -2.09. The van der Waals surface area contributed by atoms with Crippen LogP contribution in [0.5, 0.6) is 0 Å². The van der Waals surface area contributed by atoms with Gasteiger partial charge in [0, 0.05) is 13.6 Å². The summed E-state index contributed by atoms with van der Waals surface area (Å²) in [6.07, 6.45) is 2.67. The molecule has 0 unspecified atom stereocenters. The Kier molecular flexibility index (Phi) is 3.66. The topological polar surface area (TPSA) is 62.5 Å². The zero-order chi connectivity index (χ0) is 12.3. The van der Waals surface area contributed by atoms with Gasteiger partial charge < -0.3 is 15.1 Å². The average molecular weight is 236 g/mol. The molecule has 1 aliphatic rings. The molecule has 5 nitrogen and oxygen atoms in total. The second-order valence-corrected chi connectivity index (χ2v) is 4.50. The lowest BCUT2D eigenvalue weighted by molar-refractivity contribution is 0.463. The Balaban J connectivity index is 1.78. The van der Waals surface area contributed by atoms with Crippen LogP contribution >= 0.6 is 0 Å². The second kappa shape index (κ2) is 5.21. The van der Waals surface area contributed by atoms with Crippen molar-refractivity contribution in [2.45, 2.75) is 33.2 Å². The van der Waals surface area contributed by atoms with Gasteiger partial charge in [-0.05, 0) is 32.6 Å². The quantitative estimate of drug-likeness (QED) is 0.612. The molecule has 94 valence electrons. The summed E-state index contributed by atoms with van der Waals surface area (Å²) in [7, 11) is 1.77. The number of nitrogens with zero attached hydrogens (tertiary/aromatic N) is 2. The maximum atomic E-state index is 5.49. The normalized spacial score (nSPS) is 16.1. The molecule has 0 bridgehead atoms. The molecule has 1 saturated carbocycles. The van der Waals surface area contributed by atoms with Crippen LogP contribution in [0.4, 0.5) is 0 Å². The van der Waals surface area contributed by atoms with Crippen LogP contribution in [0, 0.1) is 19.8 Å². The molecule has 5 heteroatoms. The molecule has 1 heterocycles. The molecule has 0 saturated heterocycles. The van der Waals surface area contributed by atoms with Gasteiger partial charge >= 0.3 is 0 Å². The Morgan fingerprint density at radius 2 is 2.18 bits per heavy atom. The number of rotatable bonds is 4. The Hall–Kier alpha value is -1.52. The third-order valence-corrected chi connectivity index (χ3v) is 2.96. The minimum atomic E-state index is 0.568. The number of aromatic nitrogens is 1. The molecule has 0 atom stereocenters. The molecule has 0 radical (unpaired) electrons. The van der Waals surface area contributed by atoms with E-state index < -0.39 is 0 Å². The largest absolute Gasteiger partial charge is 0.444 e. The molecular weight excluding hydrogens is 216 g/mol. The van der Waals surface area contributed by atoms with Gasteiger partial charge in [-0.15, -0.1) is 0 Å². The van der Waals surface area contributed by atoms with Gasteiger partial charge in [0.1, 0.15) is 5.76 Å². The van der Waals surface area contributed by atoms with Crippen LogP contribution < -0.4 is 10.6 Å². The highest BCUT2D eigenvalue weighted by Crippen LogP contribution is 2.27. The summed E-state index contributed by atoms with van der Waals surface area (Å²) in [6.45, 7) is 5.44. The summed E-state index contributed by atoms with van der Waals surface area (Å²) in [5, 5.41) is 6.48. The third kappa shape index (κ3) is 3.47. The molecule has 1 aliphatic carbocycles. The smallest absolute Gasteiger partial charge is 0.214 e. The maximum Gasteiger partial charge on any atom is 0.214 e. The first-order valence-corrected chi connectivity index (χ1v) is 6.06. The van der Waals surface area contributed by atoms with Gasteiger partial charge in [-0.2, -0.15) is 0 Å². The van der Waals surface area contributed by atoms with E-state index in [-0.39, 0.29) is 0 Å². The van der Waals surface area contributed by atoms with E-state index in [2.05, 4.69) is 20.6 Å². The number of aliphatic imine (C=N–C) groups is 1. The monoisotopic (exact) mass is 236 g/mol. The zero-order valence-electron chi connectivity index (χ0n) is 10.7. The third-order valence-electron chi connectivity index (χ3n) is 2.96. The van der Waals surface area contributed by atoms with Crippen molar-refractivity contribution in [3.63, 3.8) is 0 Å². The van der Waals surface area contributed by atoms with Crippen molar-refractivity contribution in [2.75, 3.05) is 13.6 Å². The fraction of sp³-hybridized carbons (Fsp3) is 0.667. The maximum absolute atomic E-state index is 5.49. The summed E-state index contributed by atoms with van der Waals surface area (Å²) in [6, 6.07) is 0. The van der Waals surface area contributed by atoms with Crippen LogP contribution in [-0.4, -0.2) is 24.5 Å². The minimum absolute atomic E-state index is 0.568. The Bertz CT molecular complexity index is 387. The van der Waals surface area contributed by atoms with Crippen molar-refractivity contribution in [3.05, 3.63) is 17.3 Å². The number of guanidine groups is 1. The Morgan fingerprint density at radius 1 is 1.41 bits per heavy atom. The number of hydrogen-bond acceptors (Lipinski definition) is 3. The molecule has 1 fully saturated rings. The summed E-state index contributed by atoms with van der Waals surface area (Å²) in [5.74, 6) is 3.22. The molecule has 0 amide bonds. The van der Waals surface area contributed by atoms with Gasteiger partial charge in [0.2, 0.25) is 5.89 Å². The van der Waals surface area contributed by atoms with Crippen LogP contribution in [0.1, 0.15) is 30.2 Å². The lowest BCUT2D eigenvalue weighted by Crippen LogP contribution is -2.37. The highest BCUT2D eigenvalue weighted by atomic mass is 16.4. The fourth-order valence-corrected chi connectivity index (χ4v) is 1.56. The van der Waals surface area contributed by atoms with Crippen LogP contribution in [0.25, 0.3) is 0 Å². The van der Waals surface area contributed by atoms with Crippen molar-refractivity contribution in [1.82, 2.24) is 15.6 Å². The van der Waals surface area contributed by atoms with Crippen molar-refractivity contribution in [3.8, 4) is 0 Å². The second-order valence-electron chi connectivity index (χ2n) is 4.50. The number of hydrogen-bond donors (Lipinski definition) is 2. The summed E-state index contributed by atoms with van der Waals surface area (Å²) < 4.78 is 5.49. The van der Waals surface area contributed by atoms with Gasteiger partial charge in [-0.3, -0.25) is 4.99 Å². The fourth-order valence-electron chi connectivity index (χ4n) is 1.56. The lowest BCUT2D eigenvalue weighted by atomic mass is 10.4.